The van der Waals surface area contributed by atoms with E-state index in [1.165, 1.54) is 0 Å². The zero-order valence-electron chi connectivity index (χ0n) is 9.85. The first-order valence-electron chi connectivity index (χ1n) is 5.04. The quantitative estimate of drug-likeness (QED) is 0.267. The summed E-state index contributed by atoms with van der Waals surface area (Å²) in [5.41, 5.74) is 6.00. The van der Waals surface area contributed by atoms with Crippen LogP contribution in [-0.4, -0.2) is 40.5 Å². The first-order chi connectivity index (χ1) is 8.09. The van der Waals surface area contributed by atoms with Gasteiger partial charge in [-0.2, -0.15) is 0 Å². The van der Waals surface area contributed by atoms with Gasteiger partial charge in [0.2, 0.25) is 0 Å². The van der Waals surface area contributed by atoms with E-state index in [4.69, 9.17) is 0 Å². The molecule has 5 nitrogen and oxygen atoms in total. The van der Waals surface area contributed by atoms with Gasteiger partial charge in [-0.3, -0.25) is 15.0 Å². The van der Waals surface area contributed by atoms with Crippen LogP contribution in [0.15, 0.2) is 29.4 Å². The van der Waals surface area contributed by atoms with E-state index in [-0.39, 0.29) is 23.0 Å². The largest absolute Gasteiger partial charge is 2.00 e. The van der Waals surface area contributed by atoms with Crippen molar-refractivity contribution in [1.82, 2.24) is 4.90 Å². The number of hydrogen-bond donors (Lipinski definition) is 1. The SMILES string of the molecule is CN(C)C(=[SH+])[N-]N=C1C(=[OH+])Nc2ccccc21.[Cu+2]. The summed E-state index contributed by atoms with van der Waals surface area (Å²) < 4.78 is 0. The maximum absolute atomic E-state index is 9.73. The van der Waals surface area contributed by atoms with Crippen molar-refractivity contribution in [3.8, 4) is 0 Å². The summed E-state index contributed by atoms with van der Waals surface area (Å²) in [4.78, 5) is 11.4. The van der Waals surface area contributed by atoms with E-state index in [1.54, 1.807) is 4.90 Å². The first-order valence-corrected chi connectivity index (χ1v) is 5.49. The molecule has 0 saturated carbocycles. The monoisotopic (exact) mass is 312 g/mol. The number of amides is 1. The molecule has 1 heterocycles. The third kappa shape index (κ3) is 2.94. The van der Waals surface area contributed by atoms with E-state index in [0.717, 1.165) is 11.3 Å². The summed E-state index contributed by atoms with van der Waals surface area (Å²) in [6.07, 6.45) is 0. The van der Waals surface area contributed by atoms with E-state index < -0.39 is 0 Å². The molecule has 0 aromatic heterocycles. The van der Waals surface area contributed by atoms with Crippen LogP contribution in [0.1, 0.15) is 5.56 Å². The van der Waals surface area contributed by atoms with E-state index in [2.05, 4.69) is 28.1 Å². The van der Waals surface area contributed by atoms with Crippen molar-refractivity contribution in [2.75, 3.05) is 19.4 Å². The third-order valence-corrected chi connectivity index (χ3v) is 2.79. The molecule has 0 spiro atoms. The van der Waals surface area contributed by atoms with Crippen molar-refractivity contribution in [2.45, 2.75) is 0 Å². The molecule has 0 bridgehead atoms. The molecule has 0 unspecified atom stereocenters. The Morgan fingerprint density at radius 2 is 2.06 bits per heavy atom. The zero-order valence-corrected chi connectivity index (χ0v) is 11.7. The second-order valence-corrected chi connectivity index (χ2v) is 4.16. The molecule has 2 rings (SSSR count). The summed E-state index contributed by atoms with van der Waals surface area (Å²) in [7, 11) is 3.63. The van der Waals surface area contributed by atoms with Crippen molar-refractivity contribution in [3.63, 3.8) is 0 Å². The summed E-state index contributed by atoms with van der Waals surface area (Å²) >= 11 is 4.15. The average Bonchev–Trinajstić information content (AvgIpc) is 2.61. The molecule has 2 N–H and O–H groups in total. The number of anilines is 1. The van der Waals surface area contributed by atoms with Crippen LogP contribution in [0.25, 0.3) is 5.43 Å². The number of rotatable bonds is 1. The minimum absolute atomic E-state index is 0. The fourth-order valence-corrected chi connectivity index (χ4v) is 1.44. The maximum Gasteiger partial charge on any atom is 2.00 e. The van der Waals surface area contributed by atoms with Gasteiger partial charge < -0.3 is 10.5 Å². The van der Waals surface area contributed by atoms with Crippen LogP contribution in [0.2, 0.25) is 0 Å². The van der Waals surface area contributed by atoms with E-state index in [9.17, 15) is 4.79 Å². The third-order valence-electron chi connectivity index (χ3n) is 2.30. The van der Waals surface area contributed by atoms with Crippen LogP contribution in [0.3, 0.4) is 0 Å². The fourth-order valence-electron chi connectivity index (χ4n) is 1.40. The number of nitrogens with zero attached hydrogens (tertiary/aromatic N) is 3. The molecule has 0 aliphatic carbocycles. The van der Waals surface area contributed by atoms with Crippen LogP contribution < -0.4 is 5.32 Å². The zero-order chi connectivity index (χ0) is 12.4. The number of para-hydroxylation sites is 1. The first kappa shape index (κ1) is 14.8. The Bertz CT molecular complexity index is 516. The Morgan fingerprint density at radius 3 is 2.72 bits per heavy atom. The second kappa shape index (κ2) is 6.06. The predicted octanol–water partition coefficient (Wildman–Crippen LogP) is 0.618. The molecule has 1 aromatic carbocycles. The van der Waals surface area contributed by atoms with Crippen LogP contribution in [0, 0.1) is 0 Å². The van der Waals surface area contributed by atoms with Gasteiger partial charge in [0.15, 0.2) is 23.0 Å². The molecule has 1 aromatic rings. The van der Waals surface area contributed by atoms with Crippen LogP contribution in [0.5, 0.6) is 0 Å². The van der Waals surface area contributed by atoms with Crippen molar-refractivity contribution >= 4 is 34.6 Å². The topological polar surface area (TPSA) is 63.1 Å². The molecule has 97 valence electrons. The molecule has 0 saturated heterocycles. The van der Waals surface area contributed by atoms with Gasteiger partial charge in [-0.05, 0) is 20.2 Å². The van der Waals surface area contributed by atoms with E-state index in [1.807, 2.05) is 38.4 Å². The summed E-state index contributed by atoms with van der Waals surface area (Å²) in [5, 5.41) is 7.31. The molecular weight excluding hydrogens is 300 g/mol. The average molecular weight is 313 g/mol. The number of benzene rings is 1. The smallest absolute Gasteiger partial charge is 0.514 e. The molecule has 0 fully saturated rings. The van der Waals surface area contributed by atoms with Gasteiger partial charge >= 0.3 is 23.0 Å². The van der Waals surface area contributed by atoms with Crippen molar-refractivity contribution < 1.29 is 21.9 Å². The van der Waals surface area contributed by atoms with E-state index in [0.29, 0.717) is 10.8 Å². The van der Waals surface area contributed by atoms with Gasteiger partial charge in [-0.15, -0.1) is 0 Å². The Morgan fingerprint density at radius 1 is 1.39 bits per heavy atom. The Labute approximate surface area is 121 Å². The van der Waals surface area contributed by atoms with Crippen molar-refractivity contribution in [3.05, 3.63) is 35.3 Å². The van der Waals surface area contributed by atoms with Gasteiger partial charge in [-0.1, -0.05) is 18.2 Å². The Kier molecular flexibility index (Phi) is 4.98. The van der Waals surface area contributed by atoms with Gasteiger partial charge in [0.1, 0.15) is 0 Å². The normalized spacial score (nSPS) is 15.1. The Hall–Kier alpha value is -1.27. The number of carbonyl (C=O) groups excluding carboxylic acids is 1. The minimum Gasteiger partial charge on any atom is -0.514 e. The predicted molar refractivity (Wildman–Crippen MR) is 74.4 cm³/mol. The molecule has 7 heteroatoms. The Balaban J connectivity index is 0.00000162. The summed E-state index contributed by atoms with van der Waals surface area (Å²) in [5.74, 6) is 0.00911. The number of thiol groups is 1. The van der Waals surface area contributed by atoms with Crippen LogP contribution in [0.4, 0.5) is 5.69 Å². The number of fused-ring (bicyclic) bond motifs is 1. The van der Waals surface area contributed by atoms with E-state index >= 15 is 0 Å². The van der Waals surface area contributed by atoms with Crippen molar-refractivity contribution in [1.29, 1.82) is 0 Å². The fraction of sp³-hybridized carbons (Fsp3) is 0.182. The van der Waals surface area contributed by atoms with Crippen LogP contribution in [-0.2, 0) is 29.3 Å². The van der Waals surface area contributed by atoms with Gasteiger partial charge in [0.25, 0.3) is 0 Å². The molecule has 0 atom stereocenters. The molecular formula is C11H13CuN4OS+3. The van der Waals surface area contributed by atoms with Gasteiger partial charge in [0, 0.05) is 5.56 Å². The van der Waals surface area contributed by atoms with Gasteiger partial charge in [0.05, 0.1) is 5.69 Å². The van der Waals surface area contributed by atoms with Gasteiger partial charge in [-0.25, -0.2) is 0 Å². The molecule has 1 aliphatic heterocycles. The summed E-state index contributed by atoms with van der Waals surface area (Å²) in [6, 6.07) is 7.50. The number of nitrogens with one attached hydrogen (secondary N) is 1. The van der Waals surface area contributed by atoms with Crippen molar-refractivity contribution in [2.24, 2.45) is 5.10 Å². The standard InChI is InChI=1S/C11H12N4OS.Cu/c1-15(2)11(17)14-13-9-7-5-3-4-6-8(7)12-10(9)16;/h3-6H,1-2H3,(H2,12,13,14,16,17);/q;+2/p+1. The number of hydrogen-bond acceptors (Lipinski definition) is 1. The molecule has 1 aliphatic rings. The second-order valence-electron chi connectivity index (χ2n) is 3.76. The molecule has 1 amide bonds. The molecule has 1 radical (unpaired) electrons. The molecule has 18 heavy (non-hydrogen) atoms. The minimum atomic E-state index is 0. The summed E-state index contributed by atoms with van der Waals surface area (Å²) in [6.45, 7) is 0. The van der Waals surface area contributed by atoms with Crippen LogP contribution >= 0.6 is 0 Å². The maximum atomic E-state index is 9.73.